The van der Waals surface area contributed by atoms with E-state index >= 15 is 0 Å². The molecule has 2 heterocycles. The van der Waals surface area contributed by atoms with Crippen LogP contribution < -0.4 is 10.2 Å². The number of imide groups is 1. The van der Waals surface area contributed by atoms with Crippen LogP contribution in [0, 0.1) is 11.7 Å². The van der Waals surface area contributed by atoms with Gasteiger partial charge in [0.25, 0.3) is 0 Å². The van der Waals surface area contributed by atoms with E-state index in [9.17, 15) is 14.0 Å². The summed E-state index contributed by atoms with van der Waals surface area (Å²) in [4.78, 5) is 22.8. The van der Waals surface area contributed by atoms with E-state index in [1.54, 1.807) is 20.3 Å². The number of amides is 2. The van der Waals surface area contributed by atoms with E-state index in [0.29, 0.717) is 30.9 Å². The summed E-state index contributed by atoms with van der Waals surface area (Å²) in [6, 6.07) is 6.93. The molecule has 144 valence electrons. The lowest BCUT2D eigenvalue weighted by atomic mass is 9.95. The summed E-state index contributed by atoms with van der Waals surface area (Å²) < 4.78 is 24.2. The topological polar surface area (TPSA) is 67.9 Å². The van der Waals surface area contributed by atoms with Crippen molar-refractivity contribution in [2.24, 2.45) is 5.92 Å². The van der Waals surface area contributed by atoms with E-state index in [2.05, 4.69) is 10.2 Å². The van der Waals surface area contributed by atoms with Crippen LogP contribution in [0.15, 0.2) is 24.3 Å². The number of piperidine rings is 2. The summed E-state index contributed by atoms with van der Waals surface area (Å²) in [5.74, 6) is -0.0310. The van der Waals surface area contributed by atoms with Gasteiger partial charge in [-0.05, 0) is 31.4 Å². The van der Waals surface area contributed by atoms with E-state index in [4.69, 9.17) is 9.47 Å². The number of benzene rings is 1. The maximum atomic E-state index is 13.7. The Labute approximate surface area is 153 Å². The first-order valence-corrected chi connectivity index (χ1v) is 8.93. The van der Waals surface area contributed by atoms with Crippen molar-refractivity contribution in [2.75, 3.05) is 32.2 Å². The molecule has 7 heteroatoms. The normalized spacial score (nSPS) is 18.4. The minimum atomic E-state index is -0.147. The number of methoxy groups -OCH3 is 2. The summed E-state index contributed by atoms with van der Waals surface area (Å²) in [7, 11) is 3.33. The standard InChI is InChI=1S/C14H20FNO2.C5H7NO2/c1-17-14(18-2)11-7-9-16(10-8-11)13-6-4-3-5-12(13)15;7-4-2-1-3-5(8)6-4/h3-6,11,14H,7-10H2,1-2H3;1-3H2,(H,6,7,8). The Morgan fingerprint density at radius 3 is 2.12 bits per heavy atom. The highest BCUT2D eigenvalue weighted by Crippen LogP contribution is 2.28. The average Bonchev–Trinajstić information content (AvgIpc) is 2.64. The van der Waals surface area contributed by atoms with Crippen LogP contribution >= 0.6 is 0 Å². The summed E-state index contributed by atoms with van der Waals surface area (Å²) in [5.41, 5.74) is 0.697. The quantitative estimate of drug-likeness (QED) is 0.655. The molecule has 0 bridgehead atoms. The lowest BCUT2D eigenvalue weighted by Gasteiger charge is -2.36. The molecule has 0 aromatic heterocycles. The number of nitrogens with one attached hydrogen (secondary N) is 1. The van der Waals surface area contributed by atoms with Gasteiger partial charge >= 0.3 is 0 Å². The smallest absolute Gasteiger partial charge is 0.226 e. The van der Waals surface area contributed by atoms with Crippen LogP contribution in [0.25, 0.3) is 0 Å². The van der Waals surface area contributed by atoms with Crippen LogP contribution in [-0.4, -0.2) is 45.4 Å². The maximum Gasteiger partial charge on any atom is 0.226 e. The second kappa shape index (κ2) is 10.2. The minimum Gasteiger partial charge on any atom is -0.369 e. The molecule has 0 spiro atoms. The maximum absolute atomic E-state index is 13.7. The number of nitrogens with zero attached hydrogens (tertiary/aromatic N) is 1. The fourth-order valence-corrected chi connectivity index (χ4v) is 3.29. The Balaban J connectivity index is 0.000000254. The zero-order valence-electron chi connectivity index (χ0n) is 15.4. The molecule has 26 heavy (non-hydrogen) atoms. The Morgan fingerprint density at radius 1 is 1.08 bits per heavy atom. The molecule has 6 nitrogen and oxygen atoms in total. The van der Waals surface area contributed by atoms with Crippen molar-refractivity contribution in [3.8, 4) is 0 Å². The van der Waals surface area contributed by atoms with Crippen molar-refractivity contribution in [3.63, 3.8) is 0 Å². The van der Waals surface area contributed by atoms with Crippen molar-refractivity contribution in [1.29, 1.82) is 0 Å². The van der Waals surface area contributed by atoms with Gasteiger partial charge in [-0.1, -0.05) is 12.1 Å². The van der Waals surface area contributed by atoms with Crippen molar-refractivity contribution in [3.05, 3.63) is 30.1 Å². The van der Waals surface area contributed by atoms with Crippen molar-refractivity contribution < 1.29 is 23.5 Å². The SMILES string of the molecule is COC(OC)C1CCN(c2ccccc2F)CC1.O=C1CCCC(=O)N1. The number of para-hydroxylation sites is 1. The minimum absolute atomic E-state index is 0.138. The molecule has 2 fully saturated rings. The first-order valence-electron chi connectivity index (χ1n) is 8.93. The first-order chi connectivity index (χ1) is 12.5. The number of hydrogen-bond donors (Lipinski definition) is 1. The zero-order chi connectivity index (χ0) is 18.9. The van der Waals surface area contributed by atoms with Gasteiger partial charge < -0.3 is 14.4 Å². The van der Waals surface area contributed by atoms with Gasteiger partial charge in [0.15, 0.2) is 6.29 Å². The highest BCUT2D eigenvalue weighted by molar-refractivity contribution is 5.97. The van der Waals surface area contributed by atoms with Crippen molar-refractivity contribution in [1.82, 2.24) is 5.32 Å². The van der Waals surface area contributed by atoms with E-state index in [1.165, 1.54) is 6.07 Å². The number of ether oxygens (including phenoxy) is 2. The Morgan fingerprint density at radius 2 is 1.65 bits per heavy atom. The molecule has 2 amide bonds. The molecule has 0 unspecified atom stereocenters. The van der Waals surface area contributed by atoms with E-state index in [-0.39, 0.29) is 23.9 Å². The third kappa shape index (κ3) is 5.78. The van der Waals surface area contributed by atoms with E-state index in [0.717, 1.165) is 25.9 Å². The lowest BCUT2D eigenvalue weighted by molar-refractivity contribution is -0.141. The van der Waals surface area contributed by atoms with Crippen LogP contribution in [0.5, 0.6) is 0 Å². The number of hydrogen-bond acceptors (Lipinski definition) is 5. The second-order valence-electron chi connectivity index (χ2n) is 6.44. The number of rotatable bonds is 4. The second-order valence-corrected chi connectivity index (χ2v) is 6.44. The van der Waals surface area contributed by atoms with Gasteiger partial charge in [-0.15, -0.1) is 0 Å². The van der Waals surface area contributed by atoms with Gasteiger partial charge in [-0.25, -0.2) is 4.39 Å². The molecule has 2 aliphatic rings. The molecule has 3 rings (SSSR count). The fraction of sp³-hybridized carbons (Fsp3) is 0.579. The van der Waals surface area contributed by atoms with Crippen molar-refractivity contribution in [2.45, 2.75) is 38.4 Å². The largest absolute Gasteiger partial charge is 0.369 e. The molecular formula is C19H27FN2O4. The van der Waals surface area contributed by atoms with Crippen LogP contribution in [0.3, 0.4) is 0 Å². The molecule has 0 atom stereocenters. The van der Waals surface area contributed by atoms with Gasteiger partial charge in [-0.3, -0.25) is 14.9 Å². The molecule has 2 aliphatic heterocycles. The van der Waals surface area contributed by atoms with Crippen LogP contribution in [-0.2, 0) is 19.1 Å². The van der Waals surface area contributed by atoms with E-state index in [1.807, 2.05) is 12.1 Å². The van der Waals surface area contributed by atoms with Crippen LogP contribution in [0.2, 0.25) is 0 Å². The van der Waals surface area contributed by atoms with Crippen molar-refractivity contribution >= 4 is 17.5 Å². The molecule has 0 radical (unpaired) electrons. The van der Waals surface area contributed by atoms with Gasteiger partial charge in [0.1, 0.15) is 5.82 Å². The fourth-order valence-electron chi connectivity index (χ4n) is 3.29. The highest BCUT2D eigenvalue weighted by Gasteiger charge is 2.27. The monoisotopic (exact) mass is 366 g/mol. The Kier molecular flexibility index (Phi) is 8.00. The molecular weight excluding hydrogens is 339 g/mol. The van der Waals surface area contributed by atoms with Crippen LogP contribution in [0.1, 0.15) is 32.1 Å². The predicted octanol–water partition coefficient (Wildman–Crippen LogP) is 2.47. The molecule has 2 saturated heterocycles. The predicted molar refractivity (Wildman–Crippen MR) is 96.1 cm³/mol. The van der Waals surface area contributed by atoms with Gasteiger partial charge in [0.2, 0.25) is 11.8 Å². The van der Waals surface area contributed by atoms with Gasteiger partial charge in [-0.2, -0.15) is 0 Å². The number of carbonyl (C=O) groups excluding carboxylic acids is 2. The number of anilines is 1. The Bertz CT molecular complexity index is 585. The lowest BCUT2D eigenvalue weighted by Crippen LogP contribution is -2.39. The van der Waals surface area contributed by atoms with Crippen LogP contribution in [0.4, 0.5) is 10.1 Å². The zero-order valence-corrected chi connectivity index (χ0v) is 15.4. The summed E-state index contributed by atoms with van der Waals surface area (Å²) in [6.07, 6.45) is 3.50. The number of carbonyl (C=O) groups is 2. The molecule has 0 saturated carbocycles. The average molecular weight is 366 g/mol. The van der Waals surface area contributed by atoms with E-state index < -0.39 is 0 Å². The Hall–Kier alpha value is -1.99. The molecule has 1 N–H and O–H groups in total. The third-order valence-electron chi connectivity index (χ3n) is 4.67. The summed E-state index contributed by atoms with van der Waals surface area (Å²) in [5, 5.41) is 2.20. The summed E-state index contributed by atoms with van der Waals surface area (Å²) in [6.45, 7) is 1.68. The molecule has 1 aromatic rings. The highest BCUT2D eigenvalue weighted by atomic mass is 19.1. The first kappa shape index (κ1) is 20.3. The summed E-state index contributed by atoms with van der Waals surface area (Å²) >= 11 is 0. The van der Waals surface area contributed by atoms with Gasteiger partial charge in [0.05, 0.1) is 5.69 Å². The number of halogens is 1. The van der Waals surface area contributed by atoms with Gasteiger partial charge in [0, 0.05) is 46.1 Å². The molecule has 0 aliphatic carbocycles. The third-order valence-corrected chi connectivity index (χ3v) is 4.67. The molecule has 1 aromatic carbocycles.